The van der Waals surface area contributed by atoms with E-state index >= 15 is 0 Å². The van der Waals surface area contributed by atoms with Crippen molar-refractivity contribution in [1.82, 2.24) is 0 Å². The molecule has 2 aliphatic rings. The number of benzene rings is 7. The lowest BCUT2D eigenvalue weighted by molar-refractivity contribution is 0.669. The van der Waals surface area contributed by atoms with Crippen molar-refractivity contribution in [2.45, 2.75) is 5.41 Å². The van der Waals surface area contributed by atoms with E-state index in [1.807, 2.05) is 6.07 Å². The SMILES string of the molecule is c1ccc(N2c3ccccc3C3(c4ccccc4-c4cccc(-c5cccc6c5oc5ccccc56)c43)c3ccccc32)cc1. The fourth-order valence-electron chi connectivity index (χ4n) is 8.21. The number of furan rings is 1. The van der Waals surface area contributed by atoms with Crippen molar-refractivity contribution in [1.29, 1.82) is 0 Å². The van der Waals surface area contributed by atoms with E-state index in [1.165, 1.54) is 50.3 Å². The van der Waals surface area contributed by atoms with Crippen molar-refractivity contribution in [2.75, 3.05) is 4.90 Å². The molecule has 210 valence electrons. The highest BCUT2D eigenvalue weighted by Crippen LogP contribution is 2.65. The van der Waals surface area contributed by atoms with E-state index in [2.05, 4.69) is 163 Å². The first-order valence-corrected chi connectivity index (χ1v) is 15.5. The number of para-hydroxylation sites is 5. The molecule has 45 heavy (non-hydrogen) atoms. The fourth-order valence-corrected chi connectivity index (χ4v) is 8.21. The minimum absolute atomic E-state index is 0.533. The lowest BCUT2D eigenvalue weighted by Gasteiger charge is -2.45. The molecule has 0 radical (unpaired) electrons. The summed E-state index contributed by atoms with van der Waals surface area (Å²) >= 11 is 0. The molecule has 1 aliphatic heterocycles. The zero-order valence-corrected chi connectivity index (χ0v) is 24.4. The van der Waals surface area contributed by atoms with Gasteiger partial charge >= 0.3 is 0 Å². The number of nitrogens with zero attached hydrogens (tertiary/aromatic N) is 1. The van der Waals surface area contributed by atoms with Crippen LogP contribution in [0.2, 0.25) is 0 Å². The molecule has 0 amide bonds. The number of anilines is 3. The van der Waals surface area contributed by atoms with Crippen LogP contribution in [0.3, 0.4) is 0 Å². The van der Waals surface area contributed by atoms with Gasteiger partial charge in [-0.25, -0.2) is 0 Å². The average molecular weight is 574 g/mol. The number of hydrogen-bond acceptors (Lipinski definition) is 2. The highest BCUT2D eigenvalue weighted by Gasteiger charge is 2.52. The Kier molecular flexibility index (Phi) is 4.95. The molecule has 0 bridgehead atoms. The molecule has 1 aromatic heterocycles. The maximum absolute atomic E-state index is 6.66. The van der Waals surface area contributed by atoms with Crippen LogP contribution in [0.1, 0.15) is 22.3 Å². The Bertz CT molecular complexity index is 2400. The molecule has 2 nitrogen and oxygen atoms in total. The Morgan fingerprint density at radius 1 is 0.400 bits per heavy atom. The van der Waals surface area contributed by atoms with Crippen molar-refractivity contribution in [3.05, 3.63) is 186 Å². The van der Waals surface area contributed by atoms with Crippen molar-refractivity contribution in [2.24, 2.45) is 0 Å². The zero-order chi connectivity index (χ0) is 29.5. The first kappa shape index (κ1) is 24.6. The van der Waals surface area contributed by atoms with Crippen LogP contribution in [0.4, 0.5) is 17.1 Å². The van der Waals surface area contributed by atoms with Gasteiger partial charge in [0.1, 0.15) is 11.2 Å². The van der Waals surface area contributed by atoms with Crippen molar-refractivity contribution in [3.63, 3.8) is 0 Å². The molecular weight excluding hydrogens is 546 g/mol. The van der Waals surface area contributed by atoms with Gasteiger partial charge in [-0.05, 0) is 69.3 Å². The fraction of sp³-hybridized carbons (Fsp3) is 0.0233. The molecule has 2 heterocycles. The van der Waals surface area contributed by atoms with Crippen LogP contribution in [0.15, 0.2) is 168 Å². The maximum atomic E-state index is 6.66. The first-order valence-electron chi connectivity index (χ1n) is 15.5. The van der Waals surface area contributed by atoms with Gasteiger partial charge in [-0.1, -0.05) is 133 Å². The van der Waals surface area contributed by atoms with Crippen molar-refractivity contribution in [3.8, 4) is 22.3 Å². The summed E-state index contributed by atoms with van der Waals surface area (Å²) in [6.45, 7) is 0. The van der Waals surface area contributed by atoms with Crippen LogP contribution in [-0.2, 0) is 5.41 Å². The second kappa shape index (κ2) is 9.07. The summed E-state index contributed by atoms with van der Waals surface area (Å²) in [6, 6.07) is 59.5. The quantitative estimate of drug-likeness (QED) is 0.204. The molecule has 10 rings (SSSR count). The molecule has 0 saturated heterocycles. The van der Waals surface area contributed by atoms with Crippen molar-refractivity contribution >= 4 is 39.0 Å². The predicted octanol–water partition coefficient (Wildman–Crippen LogP) is 11.4. The minimum Gasteiger partial charge on any atom is -0.455 e. The van der Waals surface area contributed by atoms with Crippen LogP contribution in [0, 0.1) is 0 Å². The predicted molar refractivity (Wildman–Crippen MR) is 185 cm³/mol. The highest BCUT2D eigenvalue weighted by molar-refractivity contribution is 6.11. The van der Waals surface area contributed by atoms with E-state index in [0.717, 1.165) is 33.2 Å². The van der Waals surface area contributed by atoms with Gasteiger partial charge in [-0.15, -0.1) is 0 Å². The normalized spacial score (nSPS) is 13.9. The number of fused-ring (bicyclic) bond motifs is 12. The summed E-state index contributed by atoms with van der Waals surface area (Å²) in [4.78, 5) is 2.43. The summed E-state index contributed by atoms with van der Waals surface area (Å²) in [5.41, 5.74) is 14.9. The average Bonchev–Trinajstić information content (AvgIpc) is 3.64. The summed E-state index contributed by atoms with van der Waals surface area (Å²) in [5.74, 6) is 0. The smallest absolute Gasteiger partial charge is 0.143 e. The Morgan fingerprint density at radius 3 is 1.71 bits per heavy atom. The lowest BCUT2D eigenvalue weighted by Crippen LogP contribution is -2.36. The third-order valence-corrected chi connectivity index (χ3v) is 9.87. The maximum Gasteiger partial charge on any atom is 0.143 e. The molecule has 0 atom stereocenters. The second-order valence-electron chi connectivity index (χ2n) is 12.0. The van der Waals surface area contributed by atoms with E-state index in [1.54, 1.807) is 0 Å². The summed E-state index contributed by atoms with van der Waals surface area (Å²) in [5, 5.41) is 2.29. The van der Waals surface area contributed by atoms with Gasteiger partial charge in [-0.2, -0.15) is 0 Å². The Morgan fingerprint density at radius 2 is 0.933 bits per heavy atom. The van der Waals surface area contributed by atoms with Crippen LogP contribution in [0.5, 0.6) is 0 Å². The Hall–Kier alpha value is -5.86. The topological polar surface area (TPSA) is 16.4 Å². The summed E-state index contributed by atoms with van der Waals surface area (Å²) < 4.78 is 6.66. The third-order valence-electron chi connectivity index (χ3n) is 9.87. The zero-order valence-electron chi connectivity index (χ0n) is 24.4. The van der Waals surface area contributed by atoms with E-state index in [4.69, 9.17) is 4.42 Å². The second-order valence-corrected chi connectivity index (χ2v) is 12.0. The third kappa shape index (κ3) is 3.13. The first-order chi connectivity index (χ1) is 22.4. The minimum atomic E-state index is -0.533. The summed E-state index contributed by atoms with van der Waals surface area (Å²) in [7, 11) is 0. The molecule has 7 aromatic carbocycles. The number of hydrogen-bond donors (Lipinski definition) is 0. The Balaban J connectivity index is 1.37. The van der Waals surface area contributed by atoms with Gasteiger partial charge in [0, 0.05) is 22.0 Å². The van der Waals surface area contributed by atoms with Gasteiger partial charge in [0.05, 0.1) is 16.8 Å². The van der Waals surface area contributed by atoms with Gasteiger partial charge in [0.2, 0.25) is 0 Å². The molecule has 1 spiro atoms. The molecule has 2 heteroatoms. The van der Waals surface area contributed by atoms with Crippen LogP contribution < -0.4 is 4.90 Å². The molecule has 0 unspecified atom stereocenters. The van der Waals surface area contributed by atoms with E-state index < -0.39 is 5.41 Å². The van der Waals surface area contributed by atoms with Crippen LogP contribution in [-0.4, -0.2) is 0 Å². The van der Waals surface area contributed by atoms with E-state index in [-0.39, 0.29) is 0 Å². The highest BCUT2D eigenvalue weighted by atomic mass is 16.3. The van der Waals surface area contributed by atoms with E-state index in [9.17, 15) is 0 Å². The number of rotatable bonds is 2. The molecule has 1 aliphatic carbocycles. The van der Waals surface area contributed by atoms with Gasteiger partial charge in [-0.3, -0.25) is 0 Å². The van der Waals surface area contributed by atoms with E-state index in [0.29, 0.717) is 0 Å². The lowest BCUT2D eigenvalue weighted by atomic mass is 9.63. The molecule has 0 saturated carbocycles. The molecule has 0 fully saturated rings. The van der Waals surface area contributed by atoms with Gasteiger partial charge < -0.3 is 9.32 Å². The van der Waals surface area contributed by atoms with Gasteiger partial charge in [0.15, 0.2) is 0 Å². The molecule has 0 N–H and O–H groups in total. The largest absolute Gasteiger partial charge is 0.455 e. The monoisotopic (exact) mass is 573 g/mol. The molecular formula is C43H27NO. The summed E-state index contributed by atoms with van der Waals surface area (Å²) in [6.07, 6.45) is 0. The van der Waals surface area contributed by atoms with Crippen LogP contribution >= 0.6 is 0 Å². The van der Waals surface area contributed by atoms with Crippen molar-refractivity contribution < 1.29 is 4.42 Å². The molecule has 8 aromatic rings. The van der Waals surface area contributed by atoms with Gasteiger partial charge in [0.25, 0.3) is 0 Å². The standard InChI is InChI=1S/C43H27NO/c1-2-14-28(15-3-1)44-38-25-9-7-23-36(38)43(37-24-8-10-26-39(37)44)35-22-6-4-16-29(35)31-18-12-19-32(41(31)43)34-21-13-20-33-30-17-5-11-27-40(30)45-42(33)34/h1-27H. The Labute approximate surface area is 261 Å². The van der Waals surface area contributed by atoms with Crippen LogP contribution in [0.25, 0.3) is 44.2 Å².